The van der Waals surface area contributed by atoms with Gasteiger partial charge in [0.15, 0.2) is 18.7 Å². The van der Waals surface area contributed by atoms with Gasteiger partial charge in [-0.3, -0.25) is 14.5 Å². The maximum absolute atomic E-state index is 14.2. The molecule has 0 spiro atoms. The zero-order valence-corrected chi connectivity index (χ0v) is 45.5. The van der Waals surface area contributed by atoms with Gasteiger partial charge in [0.2, 0.25) is 5.91 Å². The van der Waals surface area contributed by atoms with Gasteiger partial charge in [-0.2, -0.15) is 0 Å². The van der Waals surface area contributed by atoms with Crippen LogP contribution in [0.4, 0.5) is 0 Å². The molecule has 20 nitrogen and oxygen atoms in total. The van der Waals surface area contributed by atoms with Crippen molar-refractivity contribution in [2.24, 2.45) is 17.8 Å². The van der Waals surface area contributed by atoms with Gasteiger partial charge < -0.3 is 80.9 Å². The molecule has 422 valence electrons. The second-order valence-electron chi connectivity index (χ2n) is 21.3. The number of carboxylic acid groups (broad SMARTS) is 1. The van der Waals surface area contributed by atoms with E-state index in [0.717, 1.165) is 114 Å². The number of amides is 1. The smallest absolute Gasteiger partial charge is 0.332 e. The van der Waals surface area contributed by atoms with Crippen LogP contribution in [0, 0.1) is 17.8 Å². The van der Waals surface area contributed by atoms with Crippen LogP contribution in [0.15, 0.2) is 22.7 Å². The van der Waals surface area contributed by atoms with Crippen LogP contribution in [-0.4, -0.2) is 198 Å². The van der Waals surface area contributed by atoms with Gasteiger partial charge in [0.05, 0.1) is 24.9 Å². The highest BCUT2D eigenvalue weighted by atomic mass is 79.9. The van der Waals surface area contributed by atoms with Crippen LogP contribution < -0.4 is 26.6 Å². The molecule has 0 radical (unpaired) electrons. The van der Waals surface area contributed by atoms with E-state index in [-0.39, 0.29) is 36.9 Å². The van der Waals surface area contributed by atoms with E-state index >= 15 is 0 Å². The number of carbonyl (C=O) groups is 3. The number of nitrogens with zero attached hydrogens (tertiary/aromatic N) is 1. The van der Waals surface area contributed by atoms with Gasteiger partial charge in [0, 0.05) is 63.0 Å². The summed E-state index contributed by atoms with van der Waals surface area (Å²) in [4.78, 5) is 42.3. The third-order valence-electron chi connectivity index (χ3n) is 15.7. The van der Waals surface area contributed by atoms with Crippen molar-refractivity contribution in [2.45, 2.75) is 197 Å². The van der Waals surface area contributed by atoms with E-state index in [1.807, 2.05) is 6.92 Å². The molecule has 5 aliphatic rings. The summed E-state index contributed by atoms with van der Waals surface area (Å²) in [6.07, 6.45) is -6.84. The monoisotopic (exact) mass is 1110 g/mol. The number of ether oxygens (including phenoxy) is 5. The van der Waals surface area contributed by atoms with Crippen LogP contribution in [0.25, 0.3) is 0 Å². The molecule has 0 aromatic heterocycles. The number of hydrogen-bond donors (Lipinski definition) is 11. The summed E-state index contributed by atoms with van der Waals surface area (Å²) < 4.78 is 32.7. The molecule has 1 aromatic carbocycles. The van der Waals surface area contributed by atoms with Crippen molar-refractivity contribution >= 4 is 33.6 Å². The molecule has 5 fully saturated rings. The van der Waals surface area contributed by atoms with Gasteiger partial charge in [-0.1, -0.05) is 73.5 Å². The highest BCUT2D eigenvalue weighted by Gasteiger charge is 2.53. The second-order valence-corrected chi connectivity index (χ2v) is 22.2. The second kappa shape index (κ2) is 31.3. The van der Waals surface area contributed by atoms with E-state index in [9.17, 15) is 45.0 Å². The van der Waals surface area contributed by atoms with Crippen molar-refractivity contribution in [3.8, 4) is 0 Å². The van der Waals surface area contributed by atoms with Gasteiger partial charge in [-0.05, 0) is 107 Å². The average Bonchev–Trinajstić information content (AvgIpc) is 3.38. The Hall–Kier alpha value is -2.29. The van der Waals surface area contributed by atoms with E-state index in [2.05, 4.69) is 65.6 Å². The number of carboxylic acids is 1. The lowest BCUT2D eigenvalue weighted by Gasteiger charge is -2.49. The fourth-order valence-corrected chi connectivity index (χ4v) is 11.9. The molecule has 15 atom stereocenters. The number of halogens is 1. The number of nitrogens with one attached hydrogen (secondary N) is 5. The minimum Gasteiger partial charge on any atom is -0.479 e. The normalized spacial score (nSPS) is 34.1. The Morgan fingerprint density at radius 1 is 0.851 bits per heavy atom. The highest BCUT2D eigenvalue weighted by molar-refractivity contribution is 9.10. The number of aliphatic hydroxyl groups is 5. The van der Waals surface area contributed by atoms with Crippen LogP contribution in [0.1, 0.15) is 115 Å². The molecule has 11 N–H and O–H groups in total. The van der Waals surface area contributed by atoms with E-state index in [4.69, 9.17) is 23.7 Å². The summed E-state index contributed by atoms with van der Waals surface area (Å²) in [5.41, 5.74) is 2.35. The van der Waals surface area contributed by atoms with Crippen LogP contribution in [0.2, 0.25) is 0 Å². The van der Waals surface area contributed by atoms with Crippen molar-refractivity contribution in [1.29, 1.82) is 0 Å². The molecule has 1 amide bonds. The topological polar surface area (TPSA) is 282 Å². The lowest BCUT2D eigenvalue weighted by Crippen LogP contribution is -2.67. The minimum atomic E-state index is -1.63. The minimum absolute atomic E-state index is 0.0149. The zero-order chi connectivity index (χ0) is 53.1. The van der Waals surface area contributed by atoms with E-state index in [0.29, 0.717) is 32.4 Å². The fourth-order valence-electron chi connectivity index (χ4n) is 11.3. The molecule has 3 heterocycles. The van der Waals surface area contributed by atoms with Crippen LogP contribution >= 0.6 is 15.9 Å². The molecular formula is C53H89BrN6O14. The summed E-state index contributed by atoms with van der Waals surface area (Å²) in [7, 11) is 0. The Balaban J connectivity index is 1.12. The molecule has 74 heavy (non-hydrogen) atoms. The van der Waals surface area contributed by atoms with Crippen molar-refractivity contribution in [2.75, 3.05) is 65.5 Å². The van der Waals surface area contributed by atoms with Gasteiger partial charge in [-0.25, -0.2) is 4.79 Å². The van der Waals surface area contributed by atoms with Crippen molar-refractivity contribution in [1.82, 2.24) is 31.5 Å². The van der Waals surface area contributed by atoms with E-state index < -0.39 is 104 Å². The molecule has 21 heteroatoms. The van der Waals surface area contributed by atoms with Crippen molar-refractivity contribution in [3.63, 3.8) is 0 Å². The average molecular weight is 1110 g/mol. The SMILES string of the molecule is CCC1CC(C(=O)CCCNCc2ccc(CN3CCCNCCNCCCNCC3)c(Br)c2)CC(OC2OC(CO)C(O)C(O[C@@H](CC3CCCCC3)C(=O)O)C2NC(C)=O)C1OC1OC(C)C(O)C(O)C1O. The number of hydrogen-bond acceptors (Lipinski definition) is 18. The van der Waals surface area contributed by atoms with E-state index in [1.54, 1.807) is 6.92 Å². The fraction of sp³-hybridized carbons (Fsp3) is 0.830. The van der Waals surface area contributed by atoms with Crippen molar-refractivity contribution < 1.29 is 68.7 Å². The number of Topliss-reactive ketones (excluding diaryl/α,β-unsaturated/α-hetero) is 1. The molecule has 14 unspecified atom stereocenters. The van der Waals surface area contributed by atoms with Crippen LogP contribution in [0.5, 0.6) is 0 Å². The quantitative estimate of drug-likeness (QED) is 0.0782. The Morgan fingerprint density at radius 3 is 2.27 bits per heavy atom. The number of carbonyl (C=O) groups excluding carboxylic acids is 2. The predicted octanol–water partition coefficient (Wildman–Crippen LogP) is 1.68. The largest absolute Gasteiger partial charge is 0.479 e. The molecular weight excluding hydrogens is 1020 g/mol. The predicted molar refractivity (Wildman–Crippen MR) is 279 cm³/mol. The number of aliphatic carboxylic acids is 1. The van der Waals surface area contributed by atoms with Crippen LogP contribution in [0.3, 0.4) is 0 Å². The first-order valence-electron chi connectivity index (χ1n) is 27.6. The Kier molecular flexibility index (Phi) is 25.8. The van der Waals surface area contributed by atoms with Gasteiger partial charge in [0.1, 0.15) is 48.4 Å². The Labute approximate surface area is 446 Å². The van der Waals surface area contributed by atoms with Crippen LogP contribution in [-0.2, 0) is 51.2 Å². The molecule has 2 aliphatic carbocycles. The Morgan fingerprint density at radius 2 is 1.58 bits per heavy atom. The summed E-state index contributed by atoms with van der Waals surface area (Å²) >= 11 is 3.84. The highest BCUT2D eigenvalue weighted by Crippen LogP contribution is 2.40. The zero-order valence-electron chi connectivity index (χ0n) is 43.9. The number of benzene rings is 1. The lowest BCUT2D eigenvalue weighted by atomic mass is 9.74. The first-order chi connectivity index (χ1) is 35.7. The first kappa shape index (κ1) is 60.9. The number of aliphatic hydroxyl groups excluding tert-OH is 5. The number of rotatable bonds is 21. The Bertz CT molecular complexity index is 1840. The van der Waals surface area contributed by atoms with Gasteiger partial charge >= 0.3 is 5.97 Å². The number of ketones is 1. The first-order valence-corrected chi connectivity index (χ1v) is 28.4. The van der Waals surface area contributed by atoms with Gasteiger partial charge in [-0.15, -0.1) is 0 Å². The molecule has 3 aliphatic heterocycles. The maximum Gasteiger partial charge on any atom is 0.332 e. The molecule has 6 rings (SSSR count). The van der Waals surface area contributed by atoms with E-state index in [1.165, 1.54) is 12.5 Å². The van der Waals surface area contributed by atoms with Gasteiger partial charge in [0.25, 0.3) is 0 Å². The molecule has 0 bridgehead atoms. The summed E-state index contributed by atoms with van der Waals surface area (Å²) in [5, 5.41) is 81.6. The molecule has 2 saturated carbocycles. The maximum atomic E-state index is 14.2. The summed E-state index contributed by atoms with van der Waals surface area (Å²) in [5.74, 6) is -2.52. The summed E-state index contributed by atoms with van der Waals surface area (Å²) in [6, 6.07) is 5.21. The van der Waals surface area contributed by atoms with Crippen molar-refractivity contribution in [3.05, 3.63) is 33.8 Å². The third-order valence-corrected chi connectivity index (χ3v) is 16.4. The summed E-state index contributed by atoms with van der Waals surface area (Å²) in [6.45, 7) is 14.0. The third kappa shape index (κ3) is 18.1. The lowest BCUT2D eigenvalue weighted by molar-refractivity contribution is -0.338. The molecule has 1 aromatic rings. The molecule has 3 saturated heterocycles. The standard InChI is InChI=1S/C53H89BrN6O14/c1-4-36-27-38(40(63)13-8-16-58-29-35-14-15-37(39(54)25-35)30-60-23-10-19-56-21-20-55-17-9-18-57-22-24-60)28-41(49(36)74-53-48(67)47(66)45(64)32(2)70-53)72-52-44(59-33(3)62)50(46(65)43(31-61)73-52)71-42(51(68)69)26-34-11-6-5-7-12-34/h14-15,25,32,34,36,38,41-50,52-53,55-58,61,64-67H,4-13,16-24,26-31H2,1-3H3,(H,59,62)(H,68,69)/t32?,36?,38?,41?,42-,43?,44?,45?,46?,47?,48?,49?,50?,52?,53?/m0/s1.